The molecule has 5 nitrogen and oxygen atoms in total. The lowest BCUT2D eigenvalue weighted by molar-refractivity contribution is -0.129. The number of rotatable bonds is 0. The Morgan fingerprint density at radius 2 is 2.05 bits per heavy atom. The van der Waals surface area contributed by atoms with Gasteiger partial charge in [-0.1, -0.05) is 0 Å². The van der Waals surface area contributed by atoms with Gasteiger partial charge in [0, 0.05) is 38.7 Å². The molecule has 0 spiro atoms. The fraction of sp³-hybridized carbons (Fsp3) is 0.714. The minimum Gasteiger partial charge on any atom is -0.444 e. The Morgan fingerprint density at radius 3 is 2.65 bits per heavy atom. The zero-order valence-electron chi connectivity index (χ0n) is 12.4. The topological polar surface area (TPSA) is 49.9 Å². The van der Waals surface area contributed by atoms with Crippen molar-refractivity contribution >= 4 is 23.6 Å². The molecule has 2 rings (SSSR count). The molecule has 0 saturated heterocycles. The number of nitrogens with zero attached hydrogens (tertiary/aromatic N) is 2. The van der Waals surface area contributed by atoms with Crippen LogP contribution in [0.5, 0.6) is 0 Å². The first-order valence-electron chi connectivity index (χ1n) is 6.79. The van der Waals surface area contributed by atoms with Crippen LogP contribution in [0.15, 0.2) is 11.3 Å². The molecule has 0 aromatic rings. The molecule has 0 radical (unpaired) electrons. The summed E-state index contributed by atoms with van der Waals surface area (Å²) in [6.45, 7) is 6.52. The summed E-state index contributed by atoms with van der Waals surface area (Å²) in [5.74, 6) is 0.0365. The van der Waals surface area contributed by atoms with Crippen LogP contribution in [0.1, 0.15) is 33.6 Å². The molecular weight excluding hydrogens is 280 g/mol. The Bertz CT molecular complexity index is 468. The van der Waals surface area contributed by atoms with Crippen molar-refractivity contribution in [1.82, 2.24) is 9.80 Å². The van der Waals surface area contributed by atoms with Gasteiger partial charge in [-0.3, -0.25) is 4.79 Å². The molecule has 0 saturated carbocycles. The largest absolute Gasteiger partial charge is 0.444 e. The normalized spacial score (nSPS) is 23.9. The number of carbonyl (C=O) groups is 2. The molecule has 112 valence electrons. The average molecular weight is 301 g/mol. The van der Waals surface area contributed by atoms with Crippen LogP contribution in [-0.2, 0) is 9.53 Å². The summed E-state index contributed by atoms with van der Waals surface area (Å²) >= 11 is 6.27. The highest BCUT2D eigenvalue weighted by molar-refractivity contribution is 6.24. The molecule has 2 amide bonds. The van der Waals surface area contributed by atoms with E-state index in [2.05, 4.69) is 0 Å². The first kappa shape index (κ1) is 15.2. The maximum atomic E-state index is 12.1. The predicted molar refractivity (Wildman–Crippen MR) is 76.5 cm³/mol. The van der Waals surface area contributed by atoms with E-state index in [0.29, 0.717) is 25.9 Å². The van der Waals surface area contributed by atoms with Gasteiger partial charge in [-0.25, -0.2) is 4.79 Å². The first-order chi connectivity index (χ1) is 9.19. The second-order valence-corrected chi connectivity index (χ2v) is 6.78. The van der Waals surface area contributed by atoms with Gasteiger partial charge in [-0.2, -0.15) is 0 Å². The van der Waals surface area contributed by atoms with Gasteiger partial charge in [0.25, 0.3) is 0 Å². The van der Waals surface area contributed by atoms with Crippen molar-refractivity contribution in [1.29, 1.82) is 0 Å². The van der Waals surface area contributed by atoms with E-state index >= 15 is 0 Å². The fourth-order valence-electron chi connectivity index (χ4n) is 2.49. The number of carbonyl (C=O) groups excluding carboxylic acids is 2. The number of hydrogen-bond acceptors (Lipinski definition) is 3. The summed E-state index contributed by atoms with van der Waals surface area (Å²) < 4.78 is 5.38. The molecule has 0 aliphatic carbocycles. The minimum atomic E-state index is -0.509. The van der Waals surface area contributed by atoms with Crippen LogP contribution in [0.3, 0.4) is 0 Å². The zero-order chi connectivity index (χ0) is 15.1. The lowest BCUT2D eigenvalue weighted by Crippen LogP contribution is -2.47. The van der Waals surface area contributed by atoms with E-state index in [1.54, 1.807) is 16.8 Å². The summed E-state index contributed by atoms with van der Waals surface area (Å²) in [7, 11) is 1.77. The van der Waals surface area contributed by atoms with Gasteiger partial charge in [0.15, 0.2) is 0 Å². The molecule has 0 aromatic carbocycles. The Hall–Kier alpha value is -1.23. The van der Waals surface area contributed by atoms with E-state index in [-0.39, 0.29) is 17.4 Å². The molecule has 0 bridgehead atoms. The number of ether oxygens (including phenoxy) is 1. The second-order valence-electron chi connectivity index (χ2n) is 6.25. The van der Waals surface area contributed by atoms with Crippen molar-refractivity contribution < 1.29 is 14.3 Å². The molecule has 0 fully saturated rings. The molecule has 0 N–H and O–H groups in total. The van der Waals surface area contributed by atoms with E-state index < -0.39 is 5.60 Å². The summed E-state index contributed by atoms with van der Waals surface area (Å²) in [5.41, 5.74) is 1.41. The van der Waals surface area contributed by atoms with E-state index in [1.165, 1.54) is 0 Å². The van der Waals surface area contributed by atoms with Gasteiger partial charge in [0.1, 0.15) is 5.60 Å². The van der Waals surface area contributed by atoms with E-state index in [9.17, 15) is 9.59 Å². The Kier molecular flexibility index (Phi) is 4.00. The van der Waals surface area contributed by atoms with Crippen LogP contribution >= 0.6 is 11.6 Å². The standard InChI is InChI=1S/C14H21ClN2O3/c1-14(2,3)20-13(19)17-6-5-11-9(8-17)10(15)7-12(18)16(11)4/h10H,5-8H2,1-4H3. The molecule has 1 atom stereocenters. The summed E-state index contributed by atoms with van der Waals surface area (Å²) in [6.07, 6.45) is 0.603. The van der Waals surface area contributed by atoms with Crippen molar-refractivity contribution in [3.8, 4) is 0 Å². The average Bonchev–Trinajstić information content (AvgIpc) is 2.33. The molecule has 2 aliphatic heterocycles. The monoisotopic (exact) mass is 300 g/mol. The zero-order valence-corrected chi connectivity index (χ0v) is 13.2. The molecule has 1 unspecified atom stereocenters. The van der Waals surface area contributed by atoms with Gasteiger partial charge < -0.3 is 14.5 Å². The number of hydrogen-bond donors (Lipinski definition) is 0. The maximum Gasteiger partial charge on any atom is 0.410 e. The smallest absolute Gasteiger partial charge is 0.410 e. The molecule has 20 heavy (non-hydrogen) atoms. The third-order valence-corrected chi connectivity index (χ3v) is 3.93. The molecular formula is C14H21ClN2O3. The van der Waals surface area contributed by atoms with Crippen molar-refractivity contribution in [3.63, 3.8) is 0 Å². The third-order valence-electron chi connectivity index (χ3n) is 3.51. The van der Waals surface area contributed by atoms with Crippen LogP contribution in [-0.4, -0.2) is 52.9 Å². The van der Waals surface area contributed by atoms with Gasteiger partial charge >= 0.3 is 6.09 Å². The van der Waals surface area contributed by atoms with Gasteiger partial charge in [-0.15, -0.1) is 11.6 Å². The lowest BCUT2D eigenvalue weighted by atomic mass is 9.96. The van der Waals surface area contributed by atoms with Gasteiger partial charge in [0.2, 0.25) is 5.91 Å². The van der Waals surface area contributed by atoms with Crippen molar-refractivity contribution in [3.05, 3.63) is 11.3 Å². The summed E-state index contributed by atoms with van der Waals surface area (Å²) in [5, 5.41) is -0.320. The first-order valence-corrected chi connectivity index (χ1v) is 7.23. The fourth-order valence-corrected chi connectivity index (χ4v) is 2.81. The highest BCUT2D eigenvalue weighted by Crippen LogP contribution is 2.32. The van der Waals surface area contributed by atoms with Crippen LogP contribution in [0, 0.1) is 0 Å². The quantitative estimate of drug-likeness (QED) is 0.645. The van der Waals surface area contributed by atoms with Crippen molar-refractivity contribution in [2.75, 3.05) is 20.1 Å². The van der Waals surface area contributed by atoms with Crippen molar-refractivity contribution in [2.24, 2.45) is 0 Å². The summed E-state index contributed by atoms with van der Waals surface area (Å²) in [4.78, 5) is 27.2. The predicted octanol–water partition coefficient (Wildman–Crippen LogP) is 2.35. The van der Waals surface area contributed by atoms with Crippen LogP contribution < -0.4 is 0 Å². The lowest BCUT2D eigenvalue weighted by Gasteiger charge is -2.39. The molecule has 2 aliphatic rings. The highest BCUT2D eigenvalue weighted by atomic mass is 35.5. The van der Waals surface area contributed by atoms with Gasteiger partial charge in [-0.05, 0) is 26.3 Å². The number of amides is 2. The molecule has 2 heterocycles. The third kappa shape index (κ3) is 3.08. The van der Waals surface area contributed by atoms with Crippen LogP contribution in [0.2, 0.25) is 0 Å². The van der Waals surface area contributed by atoms with Crippen LogP contribution in [0.4, 0.5) is 4.79 Å². The van der Waals surface area contributed by atoms with E-state index in [1.807, 2.05) is 20.8 Å². The highest BCUT2D eigenvalue weighted by Gasteiger charge is 2.36. The number of halogens is 1. The van der Waals surface area contributed by atoms with E-state index in [0.717, 1.165) is 11.3 Å². The Labute approximate surface area is 124 Å². The number of alkyl halides is 1. The Balaban J connectivity index is 2.13. The SMILES string of the molecule is CN1C(=O)CC(Cl)C2=C1CCN(C(=O)OC(C)(C)C)C2. The Morgan fingerprint density at radius 1 is 1.40 bits per heavy atom. The molecule has 6 heteroatoms. The maximum absolute atomic E-state index is 12.1. The minimum absolute atomic E-state index is 0.0365. The van der Waals surface area contributed by atoms with Crippen LogP contribution in [0.25, 0.3) is 0 Å². The van der Waals surface area contributed by atoms with Gasteiger partial charge in [0.05, 0.1) is 5.38 Å². The van der Waals surface area contributed by atoms with Crippen molar-refractivity contribution in [2.45, 2.75) is 44.6 Å². The van der Waals surface area contributed by atoms with E-state index in [4.69, 9.17) is 16.3 Å². The summed E-state index contributed by atoms with van der Waals surface area (Å²) in [6, 6.07) is 0. The second kappa shape index (κ2) is 5.28. The molecule has 0 aromatic heterocycles.